The Morgan fingerprint density at radius 1 is 1.65 bits per heavy atom. The van der Waals surface area contributed by atoms with Gasteiger partial charge in [0.05, 0.1) is 6.61 Å². The molecule has 17 heavy (non-hydrogen) atoms. The first-order valence-corrected chi connectivity index (χ1v) is 6.85. The van der Waals surface area contributed by atoms with Gasteiger partial charge in [0, 0.05) is 18.8 Å². The Labute approximate surface area is 101 Å². The Kier molecular flexibility index (Phi) is 4.49. The summed E-state index contributed by atoms with van der Waals surface area (Å²) in [6.07, 6.45) is 2.23. The van der Waals surface area contributed by atoms with Crippen LogP contribution in [0.1, 0.15) is 20.3 Å². The van der Waals surface area contributed by atoms with Crippen molar-refractivity contribution in [2.75, 3.05) is 12.3 Å². The van der Waals surface area contributed by atoms with E-state index in [2.05, 4.69) is 9.82 Å². The molecule has 1 rings (SSSR count). The summed E-state index contributed by atoms with van der Waals surface area (Å²) in [5, 5.41) is 12.7. The number of aromatic nitrogens is 2. The molecule has 0 aromatic carbocycles. The van der Waals surface area contributed by atoms with Crippen molar-refractivity contribution < 1.29 is 13.5 Å². The van der Waals surface area contributed by atoms with Crippen LogP contribution < -0.4 is 10.5 Å². The minimum Gasteiger partial charge on any atom is -0.395 e. The van der Waals surface area contributed by atoms with Crippen molar-refractivity contribution in [1.29, 1.82) is 0 Å². The SMILES string of the molecule is CCCn1cc(S(=O)(=O)N[C@@H](C)CO)c(N)n1. The number of nitrogens with zero attached hydrogens (tertiary/aromatic N) is 2. The van der Waals surface area contributed by atoms with E-state index < -0.39 is 16.1 Å². The minimum absolute atomic E-state index is 0.0314. The predicted octanol–water partition coefficient (Wildman–Crippen LogP) is -0.466. The smallest absolute Gasteiger partial charge is 0.246 e. The first-order valence-electron chi connectivity index (χ1n) is 5.36. The van der Waals surface area contributed by atoms with Crippen LogP contribution in [0.25, 0.3) is 0 Å². The fourth-order valence-electron chi connectivity index (χ4n) is 1.33. The van der Waals surface area contributed by atoms with Crippen LogP contribution in [0.2, 0.25) is 0 Å². The van der Waals surface area contributed by atoms with E-state index in [1.54, 1.807) is 6.92 Å². The number of anilines is 1. The van der Waals surface area contributed by atoms with Crippen LogP contribution in [-0.4, -0.2) is 36.0 Å². The molecule has 0 amide bonds. The van der Waals surface area contributed by atoms with Crippen molar-refractivity contribution in [3.8, 4) is 0 Å². The Balaban J connectivity index is 2.98. The number of aryl methyl sites for hydroxylation is 1. The summed E-state index contributed by atoms with van der Waals surface area (Å²) >= 11 is 0. The Bertz CT molecular complexity index is 469. The summed E-state index contributed by atoms with van der Waals surface area (Å²) in [6.45, 7) is 3.85. The van der Waals surface area contributed by atoms with E-state index >= 15 is 0 Å². The zero-order chi connectivity index (χ0) is 13.1. The van der Waals surface area contributed by atoms with Crippen LogP contribution in [0.15, 0.2) is 11.1 Å². The van der Waals surface area contributed by atoms with Gasteiger partial charge in [0.1, 0.15) is 4.90 Å². The van der Waals surface area contributed by atoms with E-state index in [4.69, 9.17) is 10.8 Å². The van der Waals surface area contributed by atoms with Gasteiger partial charge >= 0.3 is 0 Å². The Morgan fingerprint density at radius 3 is 2.82 bits per heavy atom. The molecule has 0 aliphatic heterocycles. The second-order valence-electron chi connectivity index (χ2n) is 3.85. The highest BCUT2D eigenvalue weighted by atomic mass is 32.2. The van der Waals surface area contributed by atoms with Gasteiger partial charge in [-0.1, -0.05) is 6.92 Å². The molecule has 0 spiro atoms. The van der Waals surface area contributed by atoms with Gasteiger partial charge in [-0.25, -0.2) is 13.1 Å². The molecule has 4 N–H and O–H groups in total. The van der Waals surface area contributed by atoms with Gasteiger partial charge < -0.3 is 10.8 Å². The minimum atomic E-state index is -3.72. The lowest BCUT2D eigenvalue weighted by atomic mass is 10.4. The van der Waals surface area contributed by atoms with Crippen molar-refractivity contribution in [2.24, 2.45) is 0 Å². The monoisotopic (exact) mass is 262 g/mol. The number of hydrogen-bond donors (Lipinski definition) is 3. The quantitative estimate of drug-likeness (QED) is 0.642. The van der Waals surface area contributed by atoms with Crippen LogP contribution in [0.4, 0.5) is 5.82 Å². The molecular formula is C9H18N4O3S. The van der Waals surface area contributed by atoms with Crippen LogP contribution in [0.5, 0.6) is 0 Å². The third-order valence-corrected chi connectivity index (χ3v) is 3.73. The zero-order valence-electron chi connectivity index (χ0n) is 9.92. The van der Waals surface area contributed by atoms with Crippen LogP contribution >= 0.6 is 0 Å². The number of rotatable bonds is 6. The largest absolute Gasteiger partial charge is 0.395 e. The van der Waals surface area contributed by atoms with E-state index in [-0.39, 0.29) is 17.3 Å². The summed E-state index contributed by atoms with van der Waals surface area (Å²) < 4.78 is 27.6. The lowest BCUT2D eigenvalue weighted by Gasteiger charge is -2.10. The molecule has 0 fully saturated rings. The maximum Gasteiger partial charge on any atom is 0.246 e. The van der Waals surface area contributed by atoms with E-state index in [0.29, 0.717) is 6.54 Å². The molecule has 0 bridgehead atoms. The summed E-state index contributed by atoms with van der Waals surface area (Å²) in [7, 11) is -3.72. The van der Waals surface area contributed by atoms with Gasteiger partial charge in [-0.2, -0.15) is 5.10 Å². The second kappa shape index (κ2) is 5.48. The van der Waals surface area contributed by atoms with Crippen molar-refractivity contribution in [1.82, 2.24) is 14.5 Å². The van der Waals surface area contributed by atoms with Gasteiger partial charge in [-0.3, -0.25) is 4.68 Å². The molecule has 1 atom stereocenters. The number of nitrogen functional groups attached to an aromatic ring is 1. The number of nitrogens with one attached hydrogen (secondary N) is 1. The molecule has 0 unspecified atom stereocenters. The fourth-order valence-corrected chi connectivity index (χ4v) is 2.64. The first-order chi connectivity index (χ1) is 7.90. The van der Waals surface area contributed by atoms with Gasteiger partial charge in [0.25, 0.3) is 0 Å². The van der Waals surface area contributed by atoms with Crippen molar-refractivity contribution in [3.05, 3.63) is 6.20 Å². The average molecular weight is 262 g/mol. The fraction of sp³-hybridized carbons (Fsp3) is 0.667. The van der Waals surface area contributed by atoms with Crippen LogP contribution in [0.3, 0.4) is 0 Å². The molecule has 1 aromatic rings. The van der Waals surface area contributed by atoms with Crippen molar-refractivity contribution >= 4 is 15.8 Å². The molecule has 1 heterocycles. The molecule has 0 aliphatic carbocycles. The average Bonchev–Trinajstić information content (AvgIpc) is 2.60. The highest BCUT2D eigenvalue weighted by molar-refractivity contribution is 7.89. The van der Waals surface area contributed by atoms with Gasteiger partial charge in [0.15, 0.2) is 5.82 Å². The molecular weight excluding hydrogens is 244 g/mol. The van der Waals surface area contributed by atoms with Crippen LogP contribution in [-0.2, 0) is 16.6 Å². The first kappa shape index (κ1) is 13.9. The lowest BCUT2D eigenvalue weighted by molar-refractivity contribution is 0.265. The summed E-state index contributed by atoms with van der Waals surface area (Å²) in [6, 6.07) is -0.561. The lowest BCUT2D eigenvalue weighted by Crippen LogP contribution is -2.35. The molecule has 0 saturated heterocycles. The maximum absolute atomic E-state index is 11.9. The van der Waals surface area contributed by atoms with E-state index in [1.165, 1.54) is 10.9 Å². The molecule has 7 nitrogen and oxygen atoms in total. The standard InChI is InChI=1S/C9H18N4O3S/c1-3-4-13-5-8(9(10)11-13)17(15,16)12-7(2)6-14/h5,7,12,14H,3-4,6H2,1-2H3,(H2,10,11)/t7-/m0/s1. The van der Waals surface area contributed by atoms with E-state index in [1.807, 2.05) is 6.92 Å². The van der Waals surface area contributed by atoms with Crippen LogP contribution in [0, 0.1) is 0 Å². The molecule has 98 valence electrons. The number of hydrogen-bond acceptors (Lipinski definition) is 5. The molecule has 0 saturated carbocycles. The molecule has 0 aliphatic rings. The predicted molar refractivity (Wildman–Crippen MR) is 63.8 cm³/mol. The van der Waals surface area contributed by atoms with Gasteiger partial charge in [0.2, 0.25) is 10.0 Å². The normalized spacial score (nSPS) is 13.8. The summed E-state index contributed by atoms with van der Waals surface area (Å²) in [5.41, 5.74) is 5.56. The number of nitrogens with two attached hydrogens (primary N) is 1. The van der Waals surface area contributed by atoms with E-state index in [9.17, 15) is 8.42 Å². The number of aliphatic hydroxyl groups is 1. The Morgan fingerprint density at radius 2 is 2.29 bits per heavy atom. The van der Waals surface area contributed by atoms with E-state index in [0.717, 1.165) is 6.42 Å². The number of sulfonamides is 1. The zero-order valence-corrected chi connectivity index (χ0v) is 10.7. The maximum atomic E-state index is 11.9. The Hall–Kier alpha value is -1.12. The molecule has 8 heteroatoms. The summed E-state index contributed by atoms with van der Waals surface area (Å²) in [5.74, 6) is -0.0314. The molecule has 0 radical (unpaired) electrons. The highest BCUT2D eigenvalue weighted by Crippen LogP contribution is 2.16. The third-order valence-electron chi connectivity index (χ3n) is 2.13. The number of aliphatic hydroxyl groups excluding tert-OH is 1. The topological polar surface area (TPSA) is 110 Å². The highest BCUT2D eigenvalue weighted by Gasteiger charge is 2.22. The van der Waals surface area contributed by atoms with Gasteiger partial charge in [-0.05, 0) is 13.3 Å². The molecule has 1 aromatic heterocycles. The van der Waals surface area contributed by atoms with Crippen molar-refractivity contribution in [3.63, 3.8) is 0 Å². The third kappa shape index (κ3) is 3.42. The van der Waals surface area contributed by atoms with Gasteiger partial charge in [-0.15, -0.1) is 0 Å². The second-order valence-corrected chi connectivity index (χ2v) is 5.53. The van der Waals surface area contributed by atoms with Crippen molar-refractivity contribution in [2.45, 2.75) is 37.8 Å². The summed E-state index contributed by atoms with van der Waals surface area (Å²) in [4.78, 5) is -0.0498.